The summed E-state index contributed by atoms with van der Waals surface area (Å²) in [6, 6.07) is 7.84. The highest BCUT2D eigenvalue weighted by Crippen LogP contribution is 2.52. The molecule has 2 aliphatic rings. The molecule has 0 heterocycles. The van der Waals surface area contributed by atoms with Gasteiger partial charge >= 0.3 is 0 Å². The molecule has 0 saturated heterocycles. The Morgan fingerprint density at radius 1 is 1.13 bits per heavy atom. The molecule has 3 heteroatoms. The summed E-state index contributed by atoms with van der Waals surface area (Å²) in [7, 11) is 0. The fourth-order valence-electron chi connectivity index (χ4n) is 4.62. The fraction of sp³-hybridized carbons (Fsp3) is 0.700. The molecule has 3 nitrogen and oxygen atoms in total. The summed E-state index contributed by atoms with van der Waals surface area (Å²) in [4.78, 5) is 0. The third-order valence-corrected chi connectivity index (χ3v) is 6.80. The molecule has 0 spiro atoms. The van der Waals surface area contributed by atoms with Crippen molar-refractivity contribution in [2.75, 3.05) is 5.73 Å². The number of rotatable bonds is 3. The molecule has 23 heavy (non-hydrogen) atoms. The van der Waals surface area contributed by atoms with Crippen molar-refractivity contribution in [3.8, 4) is 0 Å². The smallest absolute Gasteiger partial charge is 0.0939 e. The van der Waals surface area contributed by atoms with E-state index in [0.29, 0.717) is 30.3 Å². The number of anilines is 1. The fourth-order valence-corrected chi connectivity index (χ4v) is 4.62. The van der Waals surface area contributed by atoms with Gasteiger partial charge in [-0.15, -0.1) is 0 Å². The minimum Gasteiger partial charge on any atom is -0.398 e. The molecule has 0 bridgehead atoms. The van der Waals surface area contributed by atoms with Crippen LogP contribution < -0.4 is 5.73 Å². The predicted molar refractivity (Wildman–Crippen MR) is 93.8 cm³/mol. The van der Waals surface area contributed by atoms with Crippen LogP contribution in [0.25, 0.3) is 0 Å². The molecule has 6 atom stereocenters. The summed E-state index contributed by atoms with van der Waals surface area (Å²) in [5.74, 6) is 2.27. The third kappa shape index (κ3) is 3.01. The van der Waals surface area contributed by atoms with Crippen molar-refractivity contribution in [2.24, 2.45) is 23.7 Å². The first-order valence-electron chi connectivity index (χ1n) is 9.11. The topological polar surface area (TPSA) is 55.5 Å². The van der Waals surface area contributed by atoms with Crippen molar-refractivity contribution in [3.05, 3.63) is 29.8 Å². The predicted octanol–water partition coefficient (Wildman–Crippen LogP) is 4.00. The zero-order valence-corrected chi connectivity index (χ0v) is 14.7. The molecule has 2 fully saturated rings. The van der Waals surface area contributed by atoms with Gasteiger partial charge in [-0.25, -0.2) is 0 Å². The molecule has 0 aliphatic heterocycles. The average Bonchev–Trinajstić information content (AvgIpc) is 2.53. The number of hydrogen-bond acceptors (Lipinski definition) is 3. The lowest BCUT2D eigenvalue weighted by Crippen LogP contribution is -2.60. The van der Waals surface area contributed by atoms with Crippen LogP contribution in [0.2, 0.25) is 0 Å². The number of hydrogen-bond donors (Lipinski definition) is 2. The Labute approximate surface area is 140 Å². The monoisotopic (exact) mass is 317 g/mol. The quantitative estimate of drug-likeness (QED) is 0.829. The summed E-state index contributed by atoms with van der Waals surface area (Å²) in [5, 5.41) is 11.3. The number of ether oxygens (including phenoxy) is 1. The number of benzene rings is 1. The largest absolute Gasteiger partial charge is 0.398 e. The SMILES string of the molecule is CC1CCC(OCc2ccccc2N)C2(O)CCC2C(C)C1C. The van der Waals surface area contributed by atoms with Crippen LogP contribution in [0.15, 0.2) is 24.3 Å². The maximum atomic E-state index is 11.3. The van der Waals surface area contributed by atoms with Crippen molar-refractivity contribution in [3.63, 3.8) is 0 Å². The standard InChI is InChI=1S/C20H31NO2/c1-13-8-9-19(23-12-16-6-4-5-7-18(16)21)20(22)11-10-17(20)15(3)14(13)2/h4-7,13-15,17,19,22H,8-12,21H2,1-3H3. The van der Waals surface area contributed by atoms with E-state index in [1.54, 1.807) is 0 Å². The second-order valence-electron chi connectivity index (χ2n) is 7.91. The molecule has 3 rings (SSSR count). The summed E-state index contributed by atoms with van der Waals surface area (Å²) in [6.45, 7) is 7.49. The maximum Gasteiger partial charge on any atom is 0.0939 e. The summed E-state index contributed by atoms with van der Waals surface area (Å²) in [6.07, 6.45) is 3.99. The number of nitrogens with two attached hydrogens (primary N) is 1. The Bertz CT molecular complexity index is 546. The highest BCUT2D eigenvalue weighted by Gasteiger charge is 2.55. The first-order valence-corrected chi connectivity index (χ1v) is 9.11. The molecular formula is C20H31NO2. The van der Waals surface area contributed by atoms with Gasteiger partial charge in [-0.05, 0) is 55.4 Å². The first-order chi connectivity index (χ1) is 10.9. The van der Waals surface area contributed by atoms with Crippen LogP contribution in [0, 0.1) is 23.7 Å². The van der Waals surface area contributed by atoms with Crippen molar-refractivity contribution in [1.82, 2.24) is 0 Å². The number of fused-ring (bicyclic) bond motifs is 1. The number of nitrogen functional groups attached to an aromatic ring is 1. The molecule has 3 N–H and O–H groups in total. The van der Waals surface area contributed by atoms with E-state index in [-0.39, 0.29) is 6.10 Å². The molecule has 0 amide bonds. The van der Waals surface area contributed by atoms with E-state index in [0.717, 1.165) is 36.9 Å². The van der Waals surface area contributed by atoms with Gasteiger partial charge in [0.05, 0.1) is 18.3 Å². The highest BCUT2D eigenvalue weighted by molar-refractivity contribution is 5.45. The number of aliphatic hydroxyl groups is 1. The van der Waals surface area contributed by atoms with Crippen LogP contribution in [-0.4, -0.2) is 16.8 Å². The first kappa shape index (κ1) is 16.8. The van der Waals surface area contributed by atoms with Crippen LogP contribution >= 0.6 is 0 Å². The van der Waals surface area contributed by atoms with Crippen LogP contribution in [0.1, 0.15) is 52.0 Å². The van der Waals surface area contributed by atoms with E-state index >= 15 is 0 Å². The molecule has 2 aliphatic carbocycles. The van der Waals surface area contributed by atoms with E-state index in [1.807, 2.05) is 24.3 Å². The lowest BCUT2D eigenvalue weighted by Gasteiger charge is -2.55. The van der Waals surface area contributed by atoms with E-state index in [2.05, 4.69) is 20.8 Å². The van der Waals surface area contributed by atoms with E-state index in [1.165, 1.54) is 0 Å². The average molecular weight is 317 g/mol. The van der Waals surface area contributed by atoms with Crippen molar-refractivity contribution in [1.29, 1.82) is 0 Å². The molecule has 1 aromatic carbocycles. The van der Waals surface area contributed by atoms with Crippen LogP contribution in [0.4, 0.5) is 5.69 Å². The van der Waals surface area contributed by atoms with Gasteiger partial charge in [-0.3, -0.25) is 0 Å². The molecule has 128 valence electrons. The van der Waals surface area contributed by atoms with Gasteiger partial charge in [0.1, 0.15) is 0 Å². The van der Waals surface area contributed by atoms with Gasteiger partial charge < -0.3 is 15.6 Å². The molecule has 1 aromatic rings. The molecule has 2 saturated carbocycles. The molecule has 0 radical (unpaired) electrons. The summed E-state index contributed by atoms with van der Waals surface area (Å²) < 4.78 is 6.22. The Balaban J connectivity index is 1.74. The highest BCUT2D eigenvalue weighted by atomic mass is 16.5. The van der Waals surface area contributed by atoms with E-state index in [4.69, 9.17) is 10.5 Å². The van der Waals surface area contributed by atoms with Crippen LogP contribution in [0.3, 0.4) is 0 Å². The summed E-state index contributed by atoms with van der Waals surface area (Å²) >= 11 is 0. The van der Waals surface area contributed by atoms with Gasteiger partial charge in [-0.1, -0.05) is 39.0 Å². The van der Waals surface area contributed by atoms with Gasteiger partial charge in [0.25, 0.3) is 0 Å². The van der Waals surface area contributed by atoms with Crippen LogP contribution in [-0.2, 0) is 11.3 Å². The van der Waals surface area contributed by atoms with Crippen molar-refractivity contribution < 1.29 is 9.84 Å². The van der Waals surface area contributed by atoms with Crippen LogP contribution in [0.5, 0.6) is 0 Å². The van der Waals surface area contributed by atoms with Crippen molar-refractivity contribution in [2.45, 2.75) is 64.8 Å². The maximum absolute atomic E-state index is 11.3. The van der Waals surface area contributed by atoms with Gasteiger partial charge in [-0.2, -0.15) is 0 Å². The minimum absolute atomic E-state index is 0.0711. The molecule has 6 unspecified atom stereocenters. The minimum atomic E-state index is -0.642. The van der Waals surface area contributed by atoms with Gasteiger partial charge in [0.2, 0.25) is 0 Å². The second-order valence-corrected chi connectivity index (χ2v) is 7.91. The van der Waals surface area contributed by atoms with Crippen molar-refractivity contribution >= 4 is 5.69 Å². The molecule has 0 aromatic heterocycles. The Hall–Kier alpha value is -1.06. The Morgan fingerprint density at radius 2 is 1.87 bits per heavy atom. The lowest BCUT2D eigenvalue weighted by molar-refractivity contribution is -0.218. The lowest BCUT2D eigenvalue weighted by atomic mass is 9.55. The van der Waals surface area contributed by atoms with Gasteiger partial charge in [0, 0.05) is 11.3 Å². The zero-order chi connectivity index (χ0) is 16.6. The second kappa shape index (κ2) is 6.45. The Kier molecular flexibility index (Phi) is 4.70. The van der Waals surface area contributed by atoms with E-state index < -0.39 is 5.60 Å². The third-order valence-electron chi connectivity index (χ3n) is 6.80. The Morgan fingerprint density at radius 3 is 2.52 bits per heavy atom. The zero-order valence-electron chi connectivity index (χ0n) is 14.7. The van der Waals surface area contributed by atoms with Gasteiger partial charge in [0.15, 0.2) is 0 Å². The molecular weight excluding hydrogens is 286 g/mol. The normalized spacial score (nSPS) is 40.6. The van der Waals surface area contributed by atoms with E-state index in [9.17, 15) is 5.11 Å². The number of para-hydroxylation sites is 1. The summed E-state index contributed by atoms with van der Waals surface area (Å²) in [5.41, 5.74) is 7.17.